The summed E-state index contributed by atoms with van der Waals surface area (Å²) in [5.74, 6) is 2.02. The van der Waals surface area contributed by atoms with Gasteiger partial charge in [-0.3, -0.25) is 0 Å². The Morgan fingerprint density at radius 1 is 0.950 bits per heavy atom. The molecular formula is C16H20Cl2O2. The van der Waals surface area contributed by atoms with Crippen LogP contribution in [0.1, 0.15) is 49.5 Å². The lowest BCUT2D eigenvalue weighted by atomic mass is 9.91. The number of halogens is 2. The lowest BCUT2D eigenvalue weighted by Gasteiger charge is -2.25. The normalized spacial score (nSPS) is 21.3. The van der Waals surface area contributed by atoms with E-state index in [0.29, 0.717) is 24.2 Å². The quantitative estimate of drug-likeness (QED) is 0.540. The van der Waals surface area contributed by atoms with Crippen molar-refractivity contribution in [3.8, 4) is 11.5 Å². The van der Waals surface area contributed by atoms with Crippen LogP contribution in [0.15, 0.2) is 12.1 Å². The number of fused-ring (bicyclic) bond motifs is 1. The van der Waals surface area contributed by atoms with Gasteiger partial charge in [0.05, 0.1) is 5.38 Å². The molecule has 0 N–H and O–H groups in total. The van der Waals surface area contributed by atoms with Crippen molar-refractivity contribution in [2.45, 2.75) is 43.9 Å². The zero-order valence-electron chi connectivity index (χ0n) is 11.5. The fourth-order valence-electron chi connectivity index (χ4n) is 3.15. The predicted molar refractivity (Wildman–Crippen MR) is 82.2 cm³/mol. The van der Waals surface area contributed by atoms with Crippen LogP contribution in [0.3, 0.4) is 0 Å². The van der Waals surface area contributed by atoms with Crippen molar-refractivity contribution in [1.29, 1.82) is 0 Å². The minimum atomic E-state index is -0.0311. The fourth-order valence-corrected chi connectivity index (χ4v) is 3.91. The van der Waals surface area contributed by atoms with Gasteiger partial charge in [0, 0.05) is 11.1 Å². The Hall–Kier alpha value is -0.600. The van der Waals surface area contributed by atoms with Crippen molar-refractivity contribution in [2.75, 3.05) is 13.2 Å². The second kappa shape index (κ2) is 6.44. The molecule has 0 spiro atoms. The zero-order chi connectivity index (χ0) is 13.9. The first-order valence-corrected chi connectivity index (χ1v) is 8.30. The summed E-state index contributed by atoms with van der Waals surface area (Å²) in [6.45, 7) is 1.17. The number of benzene rings is 1. The zero-order valence-corrected chi connectivity index (χ0v) is 13.1. The minimum Gasteiger partial charge on any atom is -0.486 e. The van der Waals surface area contributed by atoms with Gasteiger partial charge in [-0.1, -0.05) is 37.3 Å². The molecular weight excluding hydrogens is 295 g/mol. The van der Waals surface area contributed by atoms with Crippen molar-refractivity contribution < 1.29 is 9.47 Å². The molecule has 1 unspecified atom stereocenters. The Bertz CT molecular complexity index is 468. The summed E-state index contributed by atoms with van der Waals surface area (Å²) in [6, 6.07) is 3.82. The van der Waals surface area contributed by atoms with Gasteiger partial charge in [-0.05, 0) is 30.4 Å². The summed E-state index contributed by atoms with van der Waals surface area (Å²) in [6.07, 6.45) is 7.59. The molecule has 20 heavy (non-hydrogen) atoms. The maximum Gasteiger partial charge on any atom is 0.162 e. The van der Waals surface area contributed by atoms with Gasteiger partial charge in [0.1, 0.15) is 13.2 Å². The summed E-state index contributed by atoms with van der Waals surface area (Å²) < 4.78 is 11.2. The Kier molecular flexibility index (Phi) is 4.62. The molecule has 110 valence electrons. The number of hydrogen-bond donors (Lipinski definition) is 0. The Balaban J connectivity index is 1.84. The summed E-state index contributed by atoms with van der Waals surface area (Å²) in [5, 5.41) is 0.662. The van der Waals surface area contributed by atoms with Gasteiger partial charge in [0.25, 0.3) is 0 Å². The molecule has 0 radical (unpaired) electrons. The van der Waals surface area contributed by atoms with E-state index in [1.807, 2.05) is 12.1 Å². The summed E-state index contributed by atoms with van der Waals surface area (Å²) in [7, 11) is 0. The van der Waals surface area contributed by atoms with Crippen molar-refractivity contribution in [2.24, 2.45) is 5.92 Å². The number of alkyl halides is 1. The highest BCUT2D eigenvalue weighted by atomic mass is 35.5. The van der Waals surface area contributed by atoms with Crippen LogP contribution in [-0.4, -0.2) is 13.2 Å². The maximum absolute atomic E-state index is 6.72. The lowest BCUT2D eigenvalue weighted by molar-refractivity contribution is 0.171. The Labute approximate surface area is 130 Å². The number of hydrogen-bond acceptors (Lipinski definition) is 2. The van der Waals surface area contributed by atoms with E-state index in [0.717, 1.165) is 17.1 Å². The monoisotopic (exact) mass is 314 g/mol. The summed E-state index contributed by atoms with van der Waals surface area (Å²) >= 11 is 13.1. The molecule has 1 aliphatic carbocycles. The molecule has 3 rings (SSSR count). The third-order valence-corrected chi connectivity index (χ3v) is 5.19. The van der Waals surface area contributed by atoms with Crippen molar-refractivity contribution >= 4 is 23.2 Å². The molecule has 1 heterocycles. The third kappa shape index (κ3) is 3.01. The molecule has 0 saturated heterocycles. The topological polar surface area (TPSA) is 18.5 Å². The van der Waals surface area contributed by atoms with E-state index >= 15 is 0 Å². The van der Waals surface area contributed by atoms with Crippen LogP contribution in [0.25, 0.3) is 0 Å². The van der Waals surface area contributed by atoms with Crippen LogP contribution in [0.2, 0.25) is 5.02 Å². The average molecular weight is 315 g/mol. The number of ether oxygens (including phenoxy) is 2. The second-order valence-corrected chi connectivity index (χ2v) is 6.55. The van der Waals surface area contributed by atoms with Gasteiger partial charge in [-0.15, -0.1) is 11.6 Å². The second-order valence-electron chi connectivity index (χ2n) is 5.67. The van der Waals surface area contributed by atoms with Crippen LogP contribution in [0.4, 0.5) is 0 Å². The molecule has 0 aromatic heterocycles. The standard InChI is InChI=1S/C16H20Cl2O2/c17-13-10-15-14(19-7-8-20-15)9-12(13)16(18)11-5-3-1-2-4-6-11/h9-11,16H,1-8H2. The van der Waals surface area contributed by atoms with Crippen molar-refractivity contribution in [3.05, 3.63) is 22.7 Å². The van der Waals surface area contributed by atoms with Crippen LogP contribution in [0, 0.1) is 5.92 Å². The molecule has 1 atom stereocenters. The highest BCUT2D eigenvalue weighted by molar-refractivity contribution is 6.33. The van der Waals surface area contributed by atoms with E-state index in [1.54, 1.807) is 0 Å². The highest BCUT2D eigenvalue weighted by Crippen LogP contribution is 2.44. The molecule has 1 aromatic carbocycles. The van der Waals surface area contributed by atoms with Crippen LogP contribution in [0.5, 0.6) is 11.5 Å². The Morgan fingerprint density at radius 2 is 1.55 bits per heavy atom. The van der Waals surface area contributed by atoms with E-state index in [1.165, 1.54) is 38.5 Å². The average Bonchev–Trinajstić information content (AvgIpc) is 2.75. The van der Waals surface area contributed by atoms with E-state index in [-0.39, 0.29) is 5.38 Å². The maximum atomic E-state index is 6.72. The van der Waals surface area contributed by atoms with Crippen LogP contribution in [-0.2, 0) is 0 Å². The van der Waals surface area contributed by atoms with Gasteiger partial charge >= 0.3 is 0 Å². The van der Waals surface area contributed by atoms with Gasteiger partial charge in [0.2, 0.25) is 0 Å². The molecule has 1 saturated carbocycles. The molecule has 1 fully saturated rings. The first kappa shape index (κ1) is 14.3. The number of rotatable bonds is 2. The first-order valence-electron chi connectivity index (χ1n) is 7.49. The summed E-state index contributed by atoms with van der Waals surface area (Å²) in [5.41, 5.74) is 0.990. The smallest absolute Gasteiger partial charge is 0.162 e. The Morgan fingerprint density at radius 3 is 2.20 bits per heavy atom. The molecule has 1 aromatic rings. The highest BCUT2D eigenvalue weighted by Gasteiger charge is 2.26. The fraction of sp³-hybridized carbons (Fsp3) is 0.625. The molecule has 0 amide bonds. The minimum absolute atomic E-state index is 0.0311. The SMILES string of the molecule is Clc1cc2c(cc1C(Cl)C1CCCCCC1)OCCO2. The van der Waals surface area contributed by atoms with Crippen LogP contribution < -0.4 is 9.47 Å². The molecule has 4 heteroatoms. The predicted octanol–water partition coefficient (Wildman–Crippen LogP) is 5.36. The van der Waals surface area contributed by atoms with E-state index in [2.05, 4.69) is 0 Å². The lowest BCUT2D eigenvalue weighted by Crippen LogP contribution is -2.16. The van der Waals surface area contributed by atoms with Gasteiger partial charge < -0.3 is 9.47 Å². The van der Waals surface area contributed by atoms with Gasteiger partial charge in [0.15, 0.2) is 11.5 Å². The molecule has 2 aliphatic rings. The largest absolute Gasteiger partial charge is 0.486 e. The molecule has 0 bridgehead atoms. The van der Waals surface area contributed by atoms with E-state index in [9.17, 15) is 0 Å². The first-order chi connectivity index (χ1) is 9.75. The van der Waals surface area contributed by atoms with E-state index in [4.69, 9.17) is 32.7 Å². The molecule has 1 aliphatic heterocycles. The third-order valence-electron chi connectivity index (χ3n) is 4.27. The van der Waals surface area contributed by atoms with Crippen molar-refractivity contribution in [3.63, 3.8) is 0 Å². The summed E-state index contributed by atoms with van der Waals surface area (Å²) in [4.78, 5) is 0. The van der Waals surface area contributed by atoms with Gasteiger partial charge in [-0.25, -0.2) is 0 Å². The van der Waals surface area contributed by atoms with E-state index < -0.39 is 0 Å². The van der Waals surface area contributed by atoms with Crippen LogP contribution >= 0.6 is 23.2 Å². The van der Waals surface area contributed by atoms with Gasteiger partial charge in [-0.2, -0.15) is 0 Å². The molecule has 2 nitrogen and oxygen atoms in total. The van der Waals surface area contributed by atoms with Crippen molar-refractivity contribution in [1.82, 2.24) is 0 Å².